The second-order valence-electron chi connectivity index (χ2n) is 4.77. The first kappa shape index (κ1) is 19.2. The van der Waals surface area contributed by atoms with E-state index in [9.17, 15) is 26.4 Å². The Morgan fingerprint density at radius 1 is 1.12 bits per heavy atom. The van der Waals surface area contributed by atoms with E-state index in [1.165, 1.54) is 24.3 Å². The van der Waals surface area contributed by atoms with E-state index >= 15 is 0 Å². The Kier molecular flexibility index (Phi) is 5.50. The largest absolute Gasteiger partial charge is 0.464 e. The molecule has 0 saturated carbocycles. The van der Waals surface area contributed by atoms with Crippen LogP contribution in [0.5, 0.6) is 5.75 Å². The van der Waals surface area contributed by atoms with Gasteiger partial charge in [0, 0.05) is 5.56 Å². The van der Waals surface area contributed by atoms with Gasteiger partial charge < -0.3 is 9.29 Å². The van der Waals surface area contributed by atoms with Gasteiger partial charge in [-0.1, -0.05) is 12.1 Å². The Morgan fingerprint density at radius 3 is 2.31 bits per heavy atom. The Hall–Kier alpha value is -3.08. The first-order valence-corrected chi connectivity index (χ1v) is 8.23. The van der Waals surface area contributed by atoms with Crippen LogP contribution in [0.2, 0.25) is 0 Å². The number of para-hydroxylation sites is 1. The maximum Gasteiger partial charge on any atom is 0.425 e. The lowest BCUT2D eigenvalue weighted by molar-refractivity contribution is -0.137. The van der Waals surface area contributed by atoms with Gasteiger partial charge in [-0.25, -0.2) is 10.2 Å². The third-order valence-corrected chi connectivity index (χ3v) is 4.20. The summed E-state index contributed by atoms with van der Waals surface area (Å²) in [5, 5.41) is 11.8. The molecule has 0 bridgehead atoms. The van der Waals surface area contributed by atoms with Crippen LogP contribution in [0, 0.1) is 0 Å². The molecule has 0 spiro atoms. The molecule has 2 N–H and O–H groups in total. The van der Waals surface area contributed by atoms with Gasteiger partial charge in [-0.05, 0) is 36.4 Å². The van der Waals surface area contributed by atoms with Crippen LogP contribution in [0.3, 0.4) is 0 Å². The lowest BCUT2D eigenvalue weighted by atomic mass is 10.2. The fourth-order valence-electron chi connectivity index (χ4n) is 1.80. The van der Waals surface area contributed by atoms with Crippen molar-refractivity contribution >= 4 is 22.4 Å². The quantitative estimate of drug-likeness (QED) is 0.465. The number of alkyl halides is 3. The molecule has 0 unspecified atom stereocenters. The van der Waals surface area contributed by atoms with Crippen LogP contribution in [0.4, 0.5) is 18.0 Å². The molecule has 26 heavy (non-hydrogen) atoms. The zero-order valence-electron chi connectivity index (χ0n) is 12.8. The SMILES string of the molecule is O=C(O)N/N=C/c1ccccc1OS(=O)(=O)c1ccc(C(F)(F)F)cc1. The van der Waals surface area contributed by atoms with Gasteiger partial charge in [0.2, 0.25) is 0 Å². The minimum Gasteiger partial charge on any atom is -0.464 e. The van der Waals surface area contributed by atoms with Crippen molar-refractivity contribution in [3.63, 3.8) is 0 Å². The Morgan fingerprint density at radius 2 is 1.73 bits per heavy atom. The number of amides is 1. The fraction of sp³-hybridized carbons (Fsp3) is 0.0667. The molecule has 7 nitrogen and oxygen atoms in total. The van der Waals surface area contributed by atoms with E-state index in [4.69, 9.17) is 9.29 Å². The molecule has 1 amide bonds. The zero-order valence-corrected chi connectivity index (χ0v) is 13.6. The summed E-state index contributed by atoms with van der Waals surface area (Å²) in [6, 6.07) is 8.48. The third-order valence-electron chi connectivity index (χ3n) is 2.95. The molecular formula is C15H11F3N2O5S. The lowest BCUT2D eigenvalue weighted by Gasteiger charge is -2.10. The minimum absolute atomic E-state index is 0.136. The maximum absolute atomic E-state index is 12.5. The van der Waals surface area contributed by atoms with Crippen molar-refractivity contribution in [3.8, 4) is 5.75 Å². The molecule has 2 aromatic rings. The van der Waals surface area contributed by atoms with Gasteiger partial charge in [0.05, 0.1) is 11.8 Å². The molecule has 0 aliphatic heterocycles. The van der Waals surface area contributed by atoms with Crippen molar-refractivity contribution in [2.24, 2.45) is 5.10 Å². The summed E-state index contributed by atoms with van der Waals surface area (Å²) < 4.78 is 67.0. The van der Waals surface area contributed by atoms with Crippen molar-refractivity contribution < 1.29 is 35.7 Å². The van der Waals surface area contributed by atoms with E-state index in [0.717, 1.165) is 18.3 Å². The van der Waals surface area contributed by atoms with E-state index in [2.05, 4.69) is 5.10 Å². The highest BCUT2D eigenvalue weighted by molar-refractivity contribution is 7.87. The molecule has 0 aromatic heterocycles. The van der Waals surface area contributed by atoms with Crippen LogP contribution in [0.25, 0.3) is 0 Å². The van der Waals surface area contributed by atoms with Crippen LogP contribution in [-0.2, 0) is 16.3 Å². The van der Waals surface area contributed by atoms with E-state index in [1.807, 2.05) is 0 Å². The molecule has 2 rings (SSSR count). The predicted octanol–water partition coefficient (Wildman–Crippen LogP) is 3.07. The van der Waals surface area contributed by atoms with Gasteiger partial charge in [-0.15, -0.1) is 0 Å². The van der Waals surface area contributed by atoms with E-state index in [0.29, 0.717) is 12.1 Å². The number of hydrogen-bond donors (Lipinski definition) is 2. The Bertz CT molecular complexity index is 925. The molecule has 0 aliphatic carbocycles. The monoisotopic (exact) mass is 388 g/mol. The van der Waals surface area contributed by atoms with Crippen molar-refractivity contribution in [2.75, 3.05) is 0 Å². The summed E-state index contributed by atoms with van der Waals surface area (Å²) in [4.78, 5) is 9.88. The van der Waals surface area contributed by atoms with Crippen LogP contribution in [0.15, 0.2) is 58.5 Å². The normalized spacial score (nSPS) is 12.1. The van der Waals surface area contributed by atoms with Gasteiger partial charge in [0.25, 0.3) is 0 Å². The van der Waals surface area contributed by atoms with Crippen molar-refractivity contribution in [1.82, 2.24) is 5.43 Å². The Labute approximate surface area is 145 Å². The molecule has 0 heterocycles. The highest BCUT2D eigenvalue weighted by Crippen LogP contribution is 2.30. The highest BCUT2D eigenvalue weighted by Gasteiger charge is 2.31. The zero-order chi connectivity index (χ0) is 19.4. The summed E-state index contributed by atoms with van der Waals surface area (Å²) in [7, 11) is -4.41. The summed E-state index contributed by atoms with van der Waals surface area (Å²) >= 11 is 0. The summed E-state index contributed by atoms with van der Waals surface area (Å²) in [5.41, 5.74) is 0.850. The number of carbonyl (C=O) groups is 1. The van der Waals surface area contributed by atoms with E-state index < -0.39 is 32.8 Å². The number of nitrogens with zero attached hydrogens (tertiary/aromatic N) is 1. The molecule has 138 valence electrons. The highest BCUT2D eigenvalue weighted by atomic mass is 32.2. The van der Waals surface area contributed by atoms with Gasteiger partial charge in [-0.3, -0.25) is 0 Å². The summed E-state index contributed by atoms with van der Waals surface area (Å²) in [6.07, 6.45) is -4.99. The topological polar surface area (TPSA) is 105 Å². The molecule has 0 radical (unpaired) electrons. The number of carboxylic acid groups (broad SMARTS) is 1. The molecule has 11 heteroatoms. The second kappa shape index (κ2) is 7.44. The van der Waals surface area contributed by atoms with Gasteiger partial charge >= 0.3 is 22.4 Å². The molecule has 0 atom stereocenters. The van der Waals surface area contributed by atoms with E-state index in [-0.39, 0.29) is 11.3 Å². The average Bonchev–Trinajstić information content (AvgIpc) is 2.55. The Balaban J connectivity index is 2.27. The van der Waals surface area contributed by atoms with Gasteiger partial charge in [0.1, 0.15) is 4.90 Å². The van der Waals surface area contributed by atoms with Crippen molar-refractivity contribution in [2.45, 2.75) is 11.1 Å². The number of nitrogens with one attached hydrogen (secondary N) is 1. The molecular weight excluding hydrogens is 377 g/mol. The maximum atomic E-state index is 12.5. The molecule has 0 aliphatic rings. The van der Waals surface area contributed by atoms with Crippen molar-refractivity contribution in [1.29, 1.82) is 0 Å². The summed E-state index contributed by atoms with van der Waals surface area (Å²) in [5.74, 6) is -0.177. The summed E-state index contributed by atoms with van der Waals surface area (Å²) in [6.45, 7) is 0. The van der Waals surface area contributed by atoms with Gasteiger partial charge in [0.15, 0.2) is 5.75 Å². The van der Waals surface area contributed by atoms with Crippen LogP contribution >= 0.6 is 0 Å². The fourth-order valence-corrected chi connectivity index (χ4v) is 2.75. The van der Waals surface area contributed by atoms with E-state index in [1.54, 1.807) is 5.43 Å². The standard InChI is InChI=1S/C15H11F3N2O5S/c16-15(17,18)11-5-7-12(8-6-11)26(23,24)25-13-4-2-1-3-10(13)9-19-20-14(21)22/h1-9,20H,(H,21,22)/b19-9+. The smallest absolute Gasteiger partial charge is 0.425 e. The molecule has 2 aromatic carbocycles. The second-order valence-corrected chi connectivity index (χ2v) is 6.32. The van der Waals surface area contributed by atoms with Crippen LogP contribution in [-0.4, -0.2) is 25.8 Å². The molecule has 0 fully saturated rings. The predicted molar refractivity (Wildman–Crippen MR) is 84.5 cm³/mol. The van der Waals surface area contributed by atoms with Crippen LogP contribution in [0.1, 0.15) is 11.1 Å². The number of benzene rings is 2. The number of halogens is 3. The number of rotatable bonds is 5. The van der Waals surface area contributed by atoms with Crippen molar-refractivity contribution in [3.05, 3.63) is 59.7 Å². The van der Waals surface area contributed by atoms with Gasteiger partial charge in [-0.2, -0.15) is 26.7 Å². The third kappa shape index (κ3) is 4.96. The van der Waals surface area contributed by atoms with Crippen LogP contribution < -0.4 is 9.61 Å². The number of hydrogen-bond acceptors (Lipinski definition) is 5. The molecule has 0 saturated heterocycles. The average molecular weight is 388 g/mol. The first-order valence-electron chi connectivity index (χ1n) is 6.82. The first-order chi connectivity index (χ1) is 12.1. The minimum atomic E-state index is -4.59. The number of hydrazone groups is 1. The lowest BCUT2D eigenvalue weighted by Crippen LogP contribution is -2.14.